The number of hydrogen-bond acceptors (Lipinski definition) is 7. The van der Waals surface area contributed by atoms with Crippen molar-refractivity contribution >= 4 is 22.4 Å². The lowest BCUT2D eigenvalue weighted by Crippen LogP contribution is -2.41. The minimum absolute atomic E-state index is 0.0479. The molecule has 0 unspecified atom stereocenters. The summed E-state index contributed by atoms with van der Waals surface area (Å²) in [5.74, 6) is -3.11. The van der Waals surface area contributed by atoms with Gasteiger partial charge in [0, 0.05) is 23.8 Å². The molecule has 7 nitrogen and oxygen atoms in total. The van der Waals surface area contributed by atoms with Gasteiger partial charge in [0.15, 0.2) is 9.84 Å². The maximum Gasteiger partial charge on any atom is 0.495 e. The number of sulfone groups is 1. The first-order valence-corrected chi connectivity index (χ1v) is 14.1. The van der Waals surface area contributed by atoms with Crippen LogP contribution in [-0.2, 0) is 30.3 Å². The second-order valence-electron chi connectivity index (χ2n) is 11.9. The molecular weight excluding hydrogens is 515 g/mol. The number of ether oxygens (including phenoxy) is 2. The summed E-state index contributed by atoms with van der Waals surface area (Å²) in [6.07, 6.45) is -1.55. The Morgan fingerprint density at radius 3 is 2.21 bits per heavy atom. The average molecular weight is 547 g/mol. The van der Waals surface area contributed by atoms with Gasteiger partial charge in [0.2, 0.25) is 0 Å². The number of benzene rings is 2. The zero-order chi connectivity index (χ0) is 28.5. The fourth-order valence-electron chi connectivity index (χ4n) is 4.54. The Hall–Kier alpha value is -2.52. The fourth-order valence-corrected chi connectivity index (χ4v) is 5.48. The van der Waals surface area contributed by atoms with E-state index in [9.17, 15) is 13.7 Å². The first-order chi connectivity index (χ1) is 17.2. The van der Waals surface area contributed by atoms with Crippen molar-refractivity contribution in [2.24, 2.45) is 0 Å². The quantitative estimate of drug-likeness (QED) is 0.481. The maximum atomic E-state index is 15.3. The van der Waals surface area contributed by atoms with Crippen molar-refractivity contribution in [3.8, 4) is 17.6 Å². The van der Waals surface area contributed by atoms with Gasteiger partial charge in [-0.1, -0.05) is 0 Å². The molecule has 11 heteroatoms. The van der Waals surface area contributed by atoms with Gasteiger partial charge in [0.05, 0.1) is 33.3 Å². The number of nitrogens with zero attached hydrogens (tertiary/aromatic N) is 1. The lowest BCUT2D eigenvalue weighted by Gasteiger charge is -2.32. The van der Waals surface area contributed by atoms with E-state index >= 15 is 8.78 Å². The Labute approximate surface area is 223 Å². The molecule has 0 spiro atoms. The number of fused-ring (bicyclic) bond motifs is 1. The zero-order valence-electron chi connectivity index (χ0n) is 22.8. The molecule has 0 bridgehead atoms. The Kier molecular flexibility index (Phi) is 6.76. The third kappa shape index (κ3) is 5.32. The molecule has 1 aliphatic carbocycles. The monoisotopic (exact) mass is 547 g/mol. The molecule has 1 saturated heterocycles. The number of rotatable bonds is 5. The number of nitriles is 1. The smallest absolute Gasteiger partial charge is 0.457 e. The molecule has 38 heavy (non-hydrogen) atoms. The molecule has 1 atom stereocenters. The van der Waals surface area contributed by atoms with E-state index in [-0.39, 0.29) is 33.1 Å². The van der Waals surface area contributed by atoms with Crippen LogP contribution in [0.15, 0.2) is 35.2 Å². The fraction of sp³-hybridized carbons (Fsp3) is 0.519. The van der Waals surface area contributed by atoms with Crippen LogP contribution in [0.4, 0.5) is 8.78 Å². The lowest BCUT2D eigenvalue weighted by molar-refractivity contribution is -0.174. The highest BCUT2D eigenvalue weighted by Gasteiger charge is 2.54. The van der Waals surface area contributed by atoms with Gasteiger partial charge in [-0.05, 0) is 84.3 Å². The van der Waals surface area contributed by atoms with Crippen molar-refractivity contribution in [1.29, 1.82) is 5.26 Å². The maximum absolute atomic E-state index is 15.3. The van der Waals surface area contributed by atoms with E-state index in [2.05, 4.69) is 6.07 Å². The Bertz CT molecular complexity index is 1410. The molecular formula is C27H32BF2NO6S. The van der Waals surface area contributed by atoms with Crippen LogP contribution in [0.2, 0.25) is 0 Å². The number of hydrogen-bond donors (Lipinski definition) is 0. The third-order valence-electron chi connectivity index (χ3n) is 7.01. The molecule has 1 heterocycles. The summed E-state index contributed by atoms with van der Waals surface area (Å²) in [7, 11) is -4.63. The minimum atomic E-state index is -3.85. The lowest BCUT2D eigenvalue weighted by atomic mass is 9.78. The number of alkyl halides is 2. The normalized spacial score (nSPS) is 21.7. The molecule has 1 fully saturated rings. The van der Waals surface area contributed by atoms with Crippen molar-refractivity contribution in [3.63, 3.8) is 0 Å². The largest absolute Gasteiger partial charge is 0.495 e. The van der Waals surface area contributed by atoms with Crippen LogP contribution >= 0.6 is 0 Å². The third-order valence-corrected chi connectivity index (χ3v) is 8.17. The predicted molar refractivity (Wildman–Crippen MR) is 139 cm³/mol. The second kappa shape index (κ2) is 9.02. The molecule has 2 aromatic rings. The molecule has 0 aromatic heterocycles. The number of halogens is 2. The van der Waals surface area contributed by atoms with E-state index in [4.69, 9.17) is 18.8 Å². The van der Waals surface area contributed by atoms with Crippen LogP contribution in [-0.4, -0.2) is 44.5 Å². The van der Waals surface area contributed by atoms with E-state index in [1.54, 1.807) is 32.9 Å². The van der Waals surface area contributed by atoms with Crippen molar-refractivity contribution < 1.29 is 36.0 Å². The molecule has 0 N–H and O–H groups in total. The van der Waals surface area contributed by atoms with Crippen LogP contribution in [0.1, 0.15) is 71.3 Å². The summed E-state index contributed by atoms with van der Waals surface area (Å²) in [6.45, 7) is 12.5. The van der Waals surface area contributed by atoms with Crippen LogP contribution in [0, 0.1) is 11.3 Å². The van der Waals surface area contributed by atoms with Gasteiger partial charge >= 0.3 is 7.12 Å². The average Bonchev–Trinajstić information content (AvgIpc) is 3.14. The molecule has 2 aliphatic rings. The summed E-state index contributed by atoms with van der Waals surface area (Å²) in [5, 5.41) is 9.62. The van der Waals surface area contributed by atoms with Crippen molar-refractivity contribution in [1.82, 2.24) is 0 Å². The van der Waals surface area contributed by atoms with Crippen molar-refractivity contribution in [2.45, 2.75) is 88.6 Å². The van der Waals surface area contributed by atoms with Crippen LogP contribution < -0.4 is 10.2 Å². The highest BCUT2D eigenvalue weighted by atomic mass is 32.2. The first-order valence-electron chi connectivity index (χ1n) is 12.2. The SMILES string of the molecule is CC(C)(C)O[C@H]1c2c(S(C)(=O)=O)ccc(Oc3cc(C#N)cc(B4OC(C)(C)C(C)(C)O4)c3)c2CC1(F)F. The van der Waals surface area contributed by atoms with Crippen LogP contribution in [0.3, 0.4) is 0 Å². The van der Waals surface area contributed by atoms with Gasteiger partial charge < -0.3 is 18.8 Å². The minimum Gasteiger partial charge on any atom is -0.457 e. The molecule has 0 amide bonds. The van der Waals surface area contributed by atoms with Crippen LogP contribution in [0.5, 0.6) is 11.5 Å². The van der Waals surface area contributed by atoms with Crippen molar-refractivity contribution in [3.05, 3.63) is 47.0 Å². The van der Waals surface area contributed by atoms with Gasteiger partial charge in [-0.2, -0.15) is 5.26 Å². The second-order valence-corrected chi connectivity index (χ2v) is 13.9. The van der Waals surface area contributed by atoms with Gasteiger partial charge in [0.1, 0.15) is 17.6 Å². The van der Waals surface area contributed by atoms with Gasteiger partial charge in [-0.25, -0.2) is 17.2 Å². The van der Waals surface area contributed by atoms with Gasteiger partial charge in [-0.3, -0.25) is 0 Å². The van der Waals surface area contributed by atoms with E-state index in [1.807, 2.05) is 27.7 Å². The molecule has 204 valence electrons. The van der Waals surface area contributed by atoms with E-state index in [1.165, 1.54) is 18.2 Å². The Morgan fingerprint density at radius 2 is 1.68 bits per heavy atom. The Morgan fingerprint density at radius 1 is 1.08 bits per heavy atom. The Balaban J connectivity index is 1.80. The highest BCUT2D eigenvalue weighted by molar-refractivity contribution is 7.90. The molecule has 1 aliphatic heterocycles. The van der Waals surface area contributed by atoms with Crippen molar-refractivity contribution in [2.75, 3.05) is 6.26 Å². The summed E-state index contributed by atoms with van der Waals surface area (Å²) in [5.41, 5.74) is -1.45. The summed E-state index contributed by atoms with van der Waals surface area (Å²) < 4.78 is 79.7. The summed E-state index contributed by atoms with van der Waals surface area (Å²) in [6, 6.07) is 9.41. The molecule has 0 saturated carbocycles. The standard InChI is InChI=1S/C27H32BF2NO6S/c1-24(2,3)35-23-22-19(14-27(23,29)30)20(9-10-21(22)38(8,32)33)34-18-12-16(15-31)11-17(13-18)28-36-25(4,5)26(6,7)37-28/h9-13,23H,14H2,1-8H3/t23-/m0/s1. The zero-order valence-corrected chi connectivity index (χ0v) is 23.6. The van der Waals surface area contributed by atoms with E-state index in [0.717, 1.165) is 6.26 Å². The molecule has 2 aromatic carbocycles. The van der Waals surface area contributed by atoms with Gasteiger partial charge in [-0.15, -0.1) is 0 Å². The van der Waals surface area contributed by atoms with Crippen LogP contribution in [0.25, 0.3) is 0 Å². The predicted octanol–water partition coefficient (Wildman–Crippen LogP) is 5.10. The van der Waals surface area contributed by atoms with E-state index < -0.39 is 52.2 Å². The van der Waals surface area contributed by atoms with Gasteiger partial charge in [0.25, 0.3) is 5.92 Å². The highest BCUT2D eigenvalue weighted by Crippen LogP contribution is 2.52. The summed E-state index contributed by atoms with van der Waals surface area (Å²) >= 11 is 0. The molecule has 0 radical (unpaired) electrons. The topological polar surface area (TPSA) is 94.9 Å². The first kappa shape index (κ1) is 28.5. The summed E-state index contributed by atoms with van der Waals surface area (Å²) in [4.78, 5) is -0.227. The van der Waals surface area contributed by atoms with E-state index in [0.29, 0.717) is 5.46 Å². The molecule has 4 rings (SSSR count).